The first kappa shape index (κ1) is 9.35. The zero-order chi connectivity index (χ0) is 9.97. The third kappa shape index (κ3) is 2.18. The first-order chi connectivity index (χ1) is 6.74. The highest BCUT2D eigenvalue weighted by Crippen LogP contribution is 2.26. The number of nitrogens with zero attached hydrogens (tertiary/aromatic N) is 4. The number of anilines is 1. The molecule has 2 aromatic rings. The monoisotopic (exact) mass is 225 g/mol. The lowest BCUT2D eigenvalue weighted by molar-refractivity contribution is 1.05. The van der Waals surface area contributed by atoms with Crippen LogP contribution in [-0.2, 0) is 0 Å². The summed E-state index contributed by atoms with van der Waals surface area (Å²) in [6, 6.07) is 1.79. The van der Waals surface area contributed by atoms with Gasteiger partial charge in [-0.1, -0.05) is 0 Å². The number of aryl methyl sites for hydroxylation is 1. The molecule has 2 heterocycles. The van der Waals surface area contributed by atoms with Crippen LogP contribution in [0.25, 0.3) is 0 Å². The van der Waals surface area contributed by atoms with E-state index in [-0.39, 0.29) is 5.95 Å². The standard InChI is InChI=1S/C7H7N5S2/c1-4-10-7(14-12-4)13-5-2-3-9-6(8)11-5/h2-3H,1H3,(H2,8,9,11). The highest BCUT2D eigenvalue weighted by atomic mass is 32.2. The molecule has 0 saturated heterocycles. The molecule has 0 amide bonds. The zero-order valence-corrected chi connectivity index (χ0v) is 8.97. The lowest BCUT2D eigenvalue weighted by Gasteiger charge is -1.95. The maximum Gasteiger partial charge on any atom is 0.221 e. The highest BCUT2D eigenvalue weighted by molar-refractivity contribution is 8.00. The van der Waals surface area contributed by atoms with E-state index in [1.54, 1.807) is 12.3 Å². The van der Waals surface area contributed by atoms with E-state index in [1.165, 1.54) is 23.3 Å². The van der Waals surface area contributed by atoms with Crippen molar-refractivity contribution in [3.8, 4) is 0 Å². The molecule has 7 heteroatoms. The van der Waals surface area contributed by atoms with Gasteiger partial charge in [0.25, 0.3) is 0 Å². The minimum Gasteiger partial charge on any atom is -0.368 e. The third-order valence-electron chi connectivity index (χ3n) is 1.35. The Labute approximate surface area is 89.0 Å². The topological polar surface area (TPSA) is 77.6 Å². The molecule has 2 aromatic heterocycles. The summed E-state index contributed by atoms with van der Waals surface area (Å²) in [4.78, 5) is 12.1. The molecule has 0 bridgehead atoms. The van der Waals surface area contributed by atoms with Crippen LogP contribution in [0, 0.1) is 6.92 Å². The summed E-state index contributed by atoms with van der Waals surface area (Å²) in [7, 11) is 0. The number of aromatic nitrogens is 4. The van der Waals surface area contributed by atoms with Crippen molar-refractivity contribution in [1.29, 1.82) is 0 Å². The Kier molecular flexibility index (Phi) is 2.60. The van der Waals surface area contributed by atoms with Gasteiger partial charge in [0.05, 0.1) is 0 Å². The van der Waals surface area contributed by atoms with Gasteiger partial charge in [0, 0.05) is 6.20 Å². The van der Waals surface area contributed by atoms with Crippen molar-refractivity contribution < 1.29 is 0 Å². The first-order valence-electron chi connectivity index (χ1n) is 3.81. The van der Waals surface area contributed by atoms with E-state index in [0.29, 0.717) is 0 Å². The summed E-state index contributed by atoms with van der Waals surface area (Å²) in [6.07, 6.45) is 1.62. The van der Waals surface area contributed by atoms with Gasteiger partial charge in [0.1, 0.15) is 10.9 Å². The van der Waals surface area contributed by atoms with E-state index in [4.69, 9.17) is 5.73 Å². The fraction of sp³-hybridized carbons (Fsp3) is 0.143. The van der Waals surface area contributed by atoms with Gasteiger partial charge >= 0.3 is 0 Å². The second-order valence-corrected chi connectivity index (χ2v) is 4.48. The van der Waals surface area contributed by atoms with Crippen LogP contribution in [-0.4, -0.2) is 19.3 Å². The van der Waals surface area contributed by atoms with E-state index in [0.717, 1.165) is 15.2 Å². The number of nitrogen functional groups attached to an aromatic ring is 1. The zero-order valence-electron chi connectivity index (χ0n) is 7.34. The Bertz CT molecular complexity index is 441. The second-order valence-electron chi connectivity index (χ2n) is 2.46. The minimum atomic E-state index is 0.274. The Morgan fingerprint density at radius 2 is 2.29 bits per heavy atom. The van der Waals surface area contributed by atoms with Gasteiger partial charge in [-0.2, -0.15) is 4.37 Å². The molecule has 0 atom stereocenters. The van der Waals surface area contributed by atoms with Crippen molar-refractivity contribution in [2.75, 3.05) is 5.73 Å². The van der Waals surface area contributed by atoms with Gasteiger partial charge in [0.2, 0.25) is 5.95 Å². The van der Waals surface area contributed by atoms with E-state index in [2.05, 4.69) is 19.3 Å². The Morgan fingerprint density at radius 3 is 2.93 bits per heavy atom. The lowest BCUT2D eigenvalue weighted by atomic mass is 10.7. The van der Waals surface area contributed by atoms with Crippen LogP contribution in [0.4, 0.5) is 5.95 Å². The number of rotatable bonds is 2. The van der Waals surface area contributed by atoms with Crippen LogP contribution >= 0.6 is 23.3 Å². The van der Waals surface area contributed by atoms with E-state index in [9.17, 15) is 0 Å². The summed E-state index contributed by atoms with van der Waals surface area (Å²) in [5.74, 6) is 1.05. The van der Waals surface area contributed by atoms with Gasteiger partial charge in [-0.3, -0.25) is 0 Å². The Balaban J connectivity index is 2.18. The van der Waals surface area contributed by atoms with Gasteiger partial charge in [-0.25, -0.2) is 15.0 Å². The van der Waals surface area contributed by atoms with Crippen molar-refractivity contribution in [3.05, 3.63) is 18.1 Å². The molecular formula is C7H7N5S2. The summed E-state index contributed by atoms with van der Waals surface area (Å²) >= 11 is 2.79. The van der Waals surface area contributed by atoms with Gasteiger partial charge in [-0.15, -0.1) is 0 Å². The smallest absolute Gasteiger partial charge is 0.221 e. The van der Waals surface area contributed by atoms with Crippen LogP contribution in [0.3, 0.4) is 0 Å². The van der Waals surface area contributed by atoms with Crippen molar-refractivity contribution in [2.24, 2.45) is 0 Å². The highest BCUT2D eigenvalue weighted by Gasteiger charge is 2.04. The van der Waals surface area contributed by atoms with Crippen LogP contribution in [0.2, 0.25) is 0 Å². The maximum absolute atomic E-state index is 5.45. The fourth-order valence-electron chi connectivity index (χ4n) is 0.822. The molecule has 0 unspecified atom stereocenters. The van der Waals surface area contributed by atoms with Crippen molar-refractivity contribution in [3.63, 3.8) is 0 Å². The molecule has 0 fully saturated rings. The lowest BCUT2D eigenvalue weighted by Crippen LogP contribution is -1.93. The molecule has 0 saturated carbocycles. The Hall–Kier alpha value is -1.21. The normalized spacial score (nSPS) is 10.4. The van der Waals surface area contributed by atoms with Crippen molar-refractivity contribution >= 4 is 29.2 Å². The summed E-state index contributed by atoms with van der Waals surface area (Å²) in [6.45, 7) is 1.86. The van der Waals surface area contributed by atoms with Crippen molar-refractivity contribution in [2.45, 2.75) is 16.3 Å². The summed E-state index contributed by atoms with van der Waals surface area (Å²) in [5, 5.41) is 0.786. The molecule has 5 nitrogen and oxygen atoms in total. The molecular weight excluding hydrogens is 218 g/mol. The fourth-order valence-corrected chi connectivity index (χ4v) is 2.39. The molecule has 0 spiro atoms. The molecule has 72 valence electrons. The van der Waals surface area contributed by atoms with Crippen LogP contribution in [0.15, 0.2) is 21.6 Å². The second kappa shape index (κ2) is 3.89. The minimum absolute atomic E-state index is 0.274. The quantitative estimate of drug-likeness (QED) is 0.778. The van der Waals surface area contributed by atoms with Crippen LogP contribution in [0.5, 0.6) is 0 Å². The molecule has 0 radical (unpaired) electrons. The molecule has 2 rings (SSSR count). The SMILES string of the molecule is Cc1nsc(Sc2ccnc(N)n2)n1. The molecule has 0 aliphatic heterocycles. The number of hydrogen-bond donors (Lipinski definition) is 1. The first-order valence-corrected chi connectivity index (χ1v) is 5.40. The number of nitrogens with two attached hydrogens (primary N) is 1. The van der Waals surface area contributed by atoms with Crippen molar-refractivity contribution in [1.82, 2.24) is 19.3 Å². The third-order valence-corrected chi connectivity index (χ3v) is 3.13. The Morgan fingerprint density at radius 1 is 1.43 bits per heavy atom. The number of hydrogen-bond acceptors (Lipinski definition) is 7. The van der Waals surface area contributed by atoms with Gasteiger partial charge < -0.3 is 5.73 Å². The summed E-state index contributed by atoms with van der Waals surface area (Å²) < 4.78 is 4.93. The average Bonchev–Trinajstić information content (AvgIpc) is 2.51. The molecule has 0 aliphatic carbocycles. The van der Waals surface area contributed by atoms with E-state index < -0.39 is 0 Å². The summed E-state index contributed by atoms with van der Waals surface area (Å²) in [5.41, 5.74) is 5.45. The predicted molar refractivity (Wildman–Crippen MR) is 55.2 cm³/mol. The van der Waals surface area contributed by atoms with Crippen LogP contribution in [0.1, 0.15) is 5.82 Å². The maximum atomic E-state index is 5.45. The van der Waals surface area contributed by atoms with E-state index in [1.807, 2.05) is 6.92 Å². The average molecular weight is 225 g/mol. The van der Waals surface area contributed by atoms with Gasteiger partial charge in [0.15, 0.2) is 4.34 Å². The van der Waals surface area contributed by atoms with Gasteiger partial charge in [-0.05, 0) is 36.3 Å². The molecule has 14 heavy (non-hydrogen) atoms. The predicted octanol–water partition coefficient (Wildman–Crippen LogP) is 1.37. The molecule has 0 aromatic carbocycles. The van der Waals surface area contributed by atoms with E-state index >= 15 is 0 Å². The molecule has 2 N–H and O–H groups in total. The van der Waals surface area contributed by atoms with Crippen LogP contribution < -0.4 is 5.73 Å². The largest absolute Gasteiger partial charge is 0.368 e. The molecule has 0 aliphatic rings.